The standard InChI is InChI=1S/C25H21N3OS/c1-16-27-24-23(25(29)28(16)14-18-6-4-5-17(11-18)13-26)22(15-30-24)21-10-9-19-7-2-3-8-20(19)12-21/h4-6,9-12,15H,2-3,7-8,14H2,1H3. The lowest BCUT2D eigenvalue weighted by molar-refractivity contribution is 0.686. The fraction of sp³-hybridized carbons (Fsp3) is 0.240. The zero-order chi connectivity index (χ0) is 20.7. The van der Waals surface area contributed by atoms with Gasteiger partial charge in [-0.2, -0.15) is 5.26 Å². The van der Waals surface area contributed by atoms with Gasteiger partial charge in [-0.05, 0) is 67.0 Å². The van der Waals surface area contributed by atoms with Crippen molar-refractivity contribution in [2.45, 2.75) is 39.2 Å². The third kappa shape index (κ3) is 3.24. The van der Waals surface area contributed by atoms with Crippen LogP contribution in [-0.4, -0.2) is 9.55 Å². The van der Waals surface area contributed by atoms with Crippen LogP contribution in [0.25, 0.3) is 21.3 Å². The summed E-state index contributed by atoms with van der Waals surface area (Å²) < 4.78 is 1.72. The lowest BCUT2D eigenvalue weighted by atomic mass is 9.89. The average molecular weight is 412 g/mol. The molecule has 0 radical (unpaired) electrons. The first-order valence-electron chi connectivity index (χ1n) is 10.2. The van der Waals surface area contributed by atoms with Crippen LogP contribution >= 0.6 is 11.3 Å². The zero-order valence-electron chi connectivity index (χ0n) is 16.8. The van der Waals surface area contributed by atoms with Gasteiger partial charge in [0, 0.05) is 10.9 Å². The molecule has 0 saturated heterocycles. The van der Waals surface area contributed by atoms with E-state index in [0.717, 1.165) is 34.4 Å². The minimum Gasteiger partial charge on any atom is -0.292 e. The second-order valence-corrected chi connectivity index (χ2v) is 8.74. The quantitative estimate of drug-likeness (QED) is 0.464. The normalized spacial score (nSPS) is 13.2. The molecule has 30 heavy (non-hydrogen) atoms. The molecule has 2 aromatic heterocycles. The fourth-order valence-electron chi connectivity index (χ4n) is 4.35. The molecule has 4 nitrogen and oxygen atoms in total. The smallest absolute Gasteiger partial charge is 0.263 e. The number of benzene rings is 2. The van der Waals surface area contributed by atoms with Gasteiger partial charge in [0.05, 0.1) is 23.6 Å². The minimum absolute atomic E-state index is 0.0196. The molecular formula is C25H21N3OS. The highest BCUT2D eigenvalue weighted by Gasteiger charge is 2.17. The summed E-state index contributed by atoms with van der Waals surface area (Å²) in [5.41, 5.74) is 6.42. The van der Waals surface area contributed by atoms with E-state index in [0.29, 0.717) is 23.3 Å². The van der Waals surface area contributed by atoms with Crippen LogP contribution in [0.1, 0.15) is 40.9 Å². The first-order valence-corrected chi connectivity index (χ1v) is 11.1. The van der Waals surface area contributed by atoms with E-state index in [9.17, 15) is 4.79 Å². The Morgan fingerprint density at radius 2 is 1.97 bits per heavy atom. The lowest BCUT2D eigenvalue weighted by Gasteiger charge is -2.16. The van der Waals surface area contributed by atoms with Gasteiger partial charge >= 0.3 is 0 Å². The van der Waals surface area contributed by atoms with Crippen LogP contribution in [-0.2, 0) is 19.4 Å². The van der Waals surface area contributed by atoms with Crippen LogP contribution in [0.4, 0.5) is 0 Å². The van der Waals surface area contributed by atoms with E-state index < -0.39 is 0 Å². The van der Waals surface area contributed by atoms with E-state index >= 15 is 0 Å². The zero-order valence-corrected chi connectivity index (χ0v) is 17.6. The molecule has 5 heteroatoms. The van der Waals surface area contributed by atoms with Crippen LogP contribution in [0, 0.1) is 18.3 Å². The second-order valence-electron chi connectivity index (χ2n) is 7.88. The first kappa shape index (κ1) is 18.8. The van der Waals surface area contributed by atoms with E-state index in [1.807, 2.05) is 25.1 Å². The highest BCUT2D eigenvalue weighted by atomic mass is 32.1. The summed E-state index contributed by atoms with van der Waals surface area (Å²) in [6.07, 6.45) is 4.75. The minimum atomic E-state index is -0.0196. The van der Waals surface area contributed by atoms with Crippen molar-refractivity contribution in [3.63, 3.8) is 0 Å². The number of aryl methyl sites for hydroxylation is 3. The third-order valence-corrected chi connectivity index (χ3v) is 6.81. The van der Waals surface area contributed by atoms with Crippen molar-refractivity contribution >= 4 is 21.6 Å². The van der Waals surface area contributed by atoms with Gasteiger partial charge in [-0.3, -0.25) is 9.36 Å². The third-order valence-electron chi connectivity index (χ3n) is 5.94. The molecule has 0 N–H and O–H groups in total. The molecule has 0 spiro atoms. The second kappa shape index (κ2) is 7.55. The lowest BCUT2D eigenvalue weighted by Crippen LogP contribution is -2.24. The Bertz CT molecular complexity index is 1370. The van der Waals surface area contributed by atoms with E-state index in [2.05, 4.69) is 29.6 Å². The van der Waals surface area contributed by atoms with Gasteiger partial charge in [0.1, 0.15) is 10.7 Å². The Hall–Kier alpha value is -3.23. The predicted molar refractivity (Wildman–Crippen MR) is 121 cm³/mol. The summed E-state index contributed by atoms with van der Waals surface area (Å²) in [6.45, 7) is 2.27. The Labute approximate surface area is 179 Å². The largest absolute Gasteiger partial charge is 0.292 e. The van der Waals surface area contributed by atoms with E-state index in [-0.39, 0.29) is 5.56 Å². The number of fused-ring (bicyclic) bond motifs is 2. The summed E-state index contributed by atoms with van der Waals surface area (Å²) in [5, 5.41) is 11.9. The summed E-state index contributed by atoms with van der Waals surface area (Å²) in [5.74, 6) is 0.689. The van der Waals surface area contributed by atoms with Gasteiger partial charge in [-0.1, -0.05) is 30.3 Å². The fourth-order valence-corrected chi connectivity index (χ4v) is 5.33. The molecule has 5 rings (SSSR count). The molecule has 0 bridgehead atoms. The molecule has 0 atom stereocenters. The molecule has 0 aliphatic heterocycles. The maximum absolute atomic E-state index is 13.5. The summed E-state index contributed by atoms with van der Waals surface area (Å²) in [6, 6.07) is 16.2. The number of nitriles is 1. The van der Waals surface area contributed by atoms with Gasteiger partial charge < -0.3 is 0 Å². The Kier molecular flexibility index (Phi) is 4.72. The number of aromatic nitrogens is 2. The Morgan fingerprint density at radius 1 is 1.13 bits per heavy atom. The number of hydrogen-bond donors (Lipinski definition) is 0. The van der Waals surface area contributed by atoms with Gasteiger partial charge in [0.25, 0.3) is 5.56 Å². The van der Waals surface area contributed by atoms with Crippen molar-refractivity contribution in [3.8, 4) is 17.2 Å². The van der Waals surface area contributed by atoms with Crippen molar-refractivity contribution in [3.05, 3.63) is 86.3 Å². The molecule has 1 aliphatic carbocycles. The van der Waals surface area contributed by atoms with Gasteiger partial charge in [-0.25, -0.2) is 4.98 Å². The molecule has 4 aromatic rings. The van der Waals surface area contributed by atoms with Crippen LogP contribution < -0.4 is 5.56 Å². The monoisotopic (exact) mass is 411 g/mol. The Morgan fingerprint density at radius 3 is 2.80 bits per heavy atom. The summed E-state index contributed by atoms with van der Waals surface area (Å²) in [7, 11) is 0. The number of nitrogens with zero attached hydrogens (tertiary/aromatic N) is 3. The number of thiophene rings is 1. The van der Waals surface area contributed by atoms with Crippen LogP contribution in [0.2, 0.25) is 0 Å². The Balaban J connectivity index is 1.63. The highest BCUT2D eigenvalue weighted by Crippen LogP contribution is 2.33. The number of hydrogen-bond acceptors (Lipinski definition) is 4. The molecule has 1 aliphatic rings. The van der Waals surface area contributed by atoms with Crippen molar-refractivity contribution in [2.75, 3.05) is 0 Å². The molecule has 0 fully saturated rings. The van der Waals surface area contributed by atoms with E-state index in [1.54, 1.807) is 10.6 Å². The van der Waals surface area contributed by atoms with Crippen LogP contribution in [0.5, 0.6) is 0 Å². The molecule has 0 amide bonds. The molecular weight excluding hydrogens is 390 g/mol. The van der Waals surface area contributed by atoms with Crippen LogP contribution in [0.15, 0.2) is 52.6 Å². The number of rotatable bonds is 3. The van der Waals surface area contributed by atoms with Gasteiger partial charge in [0.2, 0.25) is 0 Å². The van der Waals surface area contributed by atoms with Gasteiger partial charge in [0.15, 0.2) is 0 Å². The van der Waals surface area contributed by atoms with Crippen molar-refractivity contribution in [1.82, 2.24) is 9.55 Å². The van der Waals surface area contributed by atoms with E-state index in [4.69, 9.17) is 10.2 Å². The highest BCUT2D eigenvalue weighted by molar-refractivity contribution is 7.17. The van der Waals surface area contributed by atoms with Crippen molar-refractivity contribution in [1.29, 1.82) is 5.26 Å². The molecule has 148 valence electrons. The van der Waals surface area contributed by atoms with E-state index in [1.165, 1.54) is 35.3 Å². The maximum Gasteiger partial charge on any atom is 0.263 e. The topological polar surface area (TPSA) is 58.7 Å². The maximum atomic E-state index is 13.5. The predicted octanol–water partition coefficient (Wildman–Crippen LogP) is 5.23. The van der Waals surface area contributed by atoms with Gasteiger partial charge in [-0.15, -0.1) is 11.3 Å². The average Bonchev–Trinajstić information content (AvgIpc) is 3.20. The molecule has 2 aromatic carbocycles. The van der Waals surface area contributed by atoms with Crippen molar-refractivity contribution in [2.24, 2.45) is 0 Å². The first-order chi connectivity index (χ1) is 14.6. The SMILES string of the molecule is Cc1nc2scc(-c3ccc4c(c3)CCCC4)c2c(=O)n1Cc1cccc(C#N)c1. The molecule has 0 unspecified atom stereocenters. The van der Waals surface area contributed by atoms with Crippen molar-refractivity contribution < 1.29 is 0 Å². The molecule has 2 heterocycles. The summed E-state index contributed by atoms with van der Waals surface area (Å²) >= 11 is 1.53. The summed E-state index contributed by atoms with van der Waals surface area (Å²) in [4.78, 5) is 19.0. The van der Waals surface area contributed by atoms with Crippen LogP contribution in [0.3, 0.4) is 0 Å². The molecule has 0 saturated carbocycles.